The Morgan fingerprint density at radius 2 is 2.23 bits per heavy atom. The van der Waals surface area contributed by atoms with Gasteiger partial charge in [-0.15, -0.1) is 0 Å². The van der Waals surface area contributed by atoms with E-state index in [1.165, 1.54) is 12.2 Å². The Labute approximate surface area is 86.2 Å². The number of nitrogens with two attached hydrogens (primary N) is 1. The third kappa shape index (κ3) is 1.88. The number of hydrogen-bond donors (Lipinski definition) is 1. The van der Waals surface area contributed by atoms with Gasteiger partial charge in [-0.3, -0.25) is 4.90 Å². The minimum absolute atomic E-state index is 0.249. The molecule has 0 aromatic rings. The maximum absolute atomic E-state index is 5.94. The fourth-order valence-electron chi connectivity index (χ4n) is 2.16. The van der Waals surface area contributed by atoms with Gasteiger partial charge in [0, 0.05) is 23.4 Å². The number of thioether (sulfide) groups is 1. The Bertz CT molecular complexity index is 172. The first kappa shape index (κ1) is 11.3. The van der Waals surface area contributed by atoms with Gasteiger partial charge in [0.2, 0.25) is 0 Å². The summed E-state index contributed by atoms with van der Waals surface area (Å²) in [6, 6.07) is 0.588. The van der Waals surface area contributed by atoms with Gasteiger partial charge in [0.1, 0.15) is 0 Å². The fraction of sp³-hybridized carbons (Fsp3) is 1.00. The van der Waals surface area contributed by atoms with Crippen molar-refractivity contribution in [3.63, 3.8) is 0 Å². The maximum atomic E-state index is 5.94. The number of rotatable bonds is 3. The Kier molecular flexibility index (Phi) is 3.66. The molecule has 0 bridgehead atoms. The molecule has 0 aromatic heterocycles. The zero-order valence-corrected chi connectivity index (χ0v) is 10.0. The van der Waals surface area contributed by atoms with Gasteiger partial charge in [-0.25, -0.2) is 0 Å². The van der Waals surface area contributed by atoms with Crippen LogP contribution in [0.2, 0.25) is 0 Å². The Hall–Kier alpha value is 0.270. The van der Waals surface area contributed by atoms with Crippen molar-refractivity contribution in [2.75, 3.05) is 19.3 Å². The Morgan fingerprint density at radius 3 is 2.54 bits per heavy atom. The first-order valence-electron chi connectivity index (χ1n) is 5.09. The SMILES string of the molecule is CC(C)N(C)C1(CN)CCSC1C. The van der Waals surface area contributed by atoms with Crippen molar-refractivity contribution in [2.24, 2.45) is 5.73 Å². The molecule has 1 aliphatic heterocycles. The van der Waals surface area contributed by atoms with E-state index in [-0.39, 0.29) is 5.54 Å². The molecule has 1 heterocycles. The quantitative estimate of drug-likeness (QED) is 0.753. The van der Waals surface area contributed by atoms with Crippen LogP contribution in [0.1, 0.15) is 27.2 Å². The van der Waals surface area contributed by atoms with Gasteiger partial charge in [-0.1, -0.05) is 6.92 Å². The van der Waals surface area contributed by atoms with Gasteiger partial charge < -0.3 is 5.73 Å². The lowest BCUT2D eigenvalue weighted by Gasteiger charge is -2.43. The molecule has 1 rings (SSSR count). The summed E-state index contributed by atoms with van der Waals surface area (Å²) in [5.74, 6) is 1.26. The lowest BCUT2D eigenvalue weighted by atomic mass is 9.90. The van der Waals surface area contributed by atoms with Crippen molar-refractivity contribution in [1.29, 1.82) is 0 Å². The lowest BCUT2D eigenvalue weighted by Crippen LogP contribution is -2.58. The second kappa shape index (κ2) is 4.20. The summed E-state index contributed by atoms with van der Waals surface area (Å²) < 4.78 is 0. The van der Waals surface area contributed by atoms with E-state index >= 15 is 0 Å². The molecule has 2 N–H and O–H groups in total. The molecule has 0 aliphatic carbocycles. The third-order valence-corrected chi connectivity index (χ3v) is 4.87. The number of nitrogens with zero attached hydrogens (tertiary/aromatic N) is 1. The molecule has 1 fully saturated rings. The van der Waals surface area contributed by atoms with Crippen LogP contribution in [0, 0.1) is 0 Å². The largest absolute Gasteiger partial charge is 0.329 e. The minimum atomic E-state index is 0.249. The molecule has 78 valence electrons. The zero-order chi connectivity index (χ0) is 10.1. The predicted molar refractivity (Wildman–Crippen MR) is 61.2 cm³/mol. The molecule has 0 amide bonds. The molecule has 3 heteroatoms. The molecule has 0 radical (unpaired) electrons. The number of hydrogen-bond acceptors (Lipinski definition) is 3. The highest BCUT2D eigenvalue weighted by atomic mass is 32.2. The van der Waals surface area contributed by atoms with Crippen LogP contribution in [-0.4, -0.2) is 41.1 Å². The van der Waals surface area contributed by atoms with E-state index in [1.807, 2.05) is 0 Å². The molecule has 1 saturated heterocycles. The molecule has 13 heavy (non-hydrogen) atoms. The van der Waals surface area contributed by atoms with Gasteiger partial charge >= 0.3 is 0 Å². The average Bonchev–Trinajstić information content (AvgIpc) is 2.46. The van der Waals surface area contributed by atoms with Crippen LogP contribution < -0.4 is 5.73 Å². The second-order valence-electron chi connectivity index (χ2n) is 4.28. The minimum Gasteiger partial charge on any atom is -0.329 e. The van der Waals surface area contributed by atoms with Crippen molar-refractivity contribution in [1.82, 2.24) is 4.90 Å². The predicted octanol–water partition coefficient (Wildman–Crippen LogP) is 1.55. The van der Waals surface area contributed by atoms with E-state index in [2.05, 4.69) is 44.5 Å². The van der Waals surface area contributed by atoms with Crippen molar-refractivity contribution in [3.05, 3.63) is 0 Å². The normalized spacial score (nSPS) is 34.8. The van der Waals surface area contributed by atoms with Crippen LogP contribution in [-0.2, 0) is 0 Å². The molecule has 2 atom stereocenters. The van der Waals surface area contributed by atoms with Gasteiger partial charge in [-0.05, 0) is 33.1 Å². The van der Waals surface area contributed by atoms with E-state index < -0.39 is 0 Å². The van der Waals surface area contributed by atoms with Crippen LogP contribution in [0.4, 0.5) is 0 Å². The summed E-state index contributed by atoms with van der Waals surface area (Å²) >= 11 is 2.05. The van der Waals surface area contributed by atoms with Gasteiger partial charge in [0.15, 0.2) is 0 Å². The first-order chi connectivity index (χ1) is 6.04. The Morgan fingerprint density at radius 1 is 1.62 bits per heavy atom. The molecule has 2 nitrogen and oxygen atoms in total. The average molecular weight is 202 g/mol. The third-order valence-electron chi connectivity index (χ3n) is 3.49. The first-order valence-corrected chi connectivity index (χ1v) is 6.14. The van der Waals surface area contributed by atoms with Crippen LogP contribution in [0.25, 0.3) is 0 Å². The van der Waals surface area contributed by atoms with E-state index in [1.54, 1.807) is 0 Å². The van der Waals surface area contributed by atoms with Crippen molar-refractivity contribution < 1.29 is 0 Å². The zero-order valence-electron chi connectivity index (χ0n) is 9.21. The van der Waals surface area contributed by atoms with Gasteiger partial charge in [-0.2, -0.15) is 11.8 Å². The molecule has 0 saturated carbocycles. The second-order valence-corrected chi connectivity index (χ2v) is 5.72. The maximum Gasteiger partial charge on any atom is 0.0454 e. The highest BCUT2D eigenvalue weighted by Gasteiger charge is 2.43. The van der Waals surface area contributed by atoms with Crippen LogP contribution >= 0.6 is 11.8 Å². The summed E-state index contributed by atoms with van der Waals surface area (Å²) in [6.45, 7) is 7.58. The van der Waals surface area contributed by atoms with E-state index in [9.17, 15) is 0 Å². The number of likely N-dealkylation sites (N-methyl/N-ethyl adjacent to an activating group) is 1. The fourth-order valence-corrected chi connectivity index (χ4v) is 3.68. The monoisotopic (exact) mass is 202 g/mol. The summed E-state index contributed by atoms with van der Waals surface area (Å²) in [5.41, 5.74) is 6.19. The molecule has 1 aliphatic rings. The van der Waals surface area contributed by atoms with Crippen LogP contribution in [0.3, 0.4) is 0 Å². The van der Waals surface area contributed by atoms with Crippen LogP contribution in [0.15, 0.2) is 0 Å². The molecule has 2 unspecified atom stereocenters. The van der Waals surface area contributed by atoms with Crippen molar-refractivity contribution >= 4 is 11.8 Å². The van der Waals surface area contributed by atoms with Gasteiger partial charge in [0.25, 0.3) is 0 Å². The summed E-state index contributed by atoms with van der Waals surface area (Å²) in [5, 5.41) is 0.671. The highest BCUT2D eigenvalue weighted by molar-refractivity contribution is 8.00. The molecular weight excluding hydrogens is 180 g/mol. The van der Waals surface area contributed by atoms with E-state index in [0.29, 0.717) is 11.3 Å². The smallest absolute Gasteiger partial charge is 0.0454 e. The standard InChI is InChI=1S/C10H22N2S/c1-8(2)12(4)10(7-11)5-6-13-9(10)3/h8-9H,5-7,11H2,1-4H3. The lowest BCUT2D eigenvalue weighted by molar-refractivity contribution is 0.0961. The van der Waals surface area contributed by atoms with Crippen molar-refractivity contribution in [2.45, 2.75) is 44.0 Å². The summed E-state index contributed by atoms with van der Waals surface area (Å²) in [6.07, 6.45) is 1.24. The highest BCUT2D eigenvalue weighted by Crippen LogP contribution is 2.39. The van der Waals surface area contributed by atoms with Crippen LogP contribution in [0.5, 0.6) is 0 Å². The van der Waals surface area contributed by atoms with Crippen molar-refractivity contribution in [3.8, 4) is 0 Å². The van der Waals surface area contributed by atoms with Gasteiger partial charge in [0.05, 0.1) is 0 Å². The topological polar surface area (TPSA) is 29.3 Å². The molecule has 0 spiro atoms. The molecule has 0 aromatic carbocycles. The Balaban J connectivity index is 2.79. The summed E-state index contributed by atoms with van der Waals surface area (Å²) in [4.78, 5) is 2.46. The summed E-state index contributed by atoms with van der Waals surface area (Å²) in [7, 11) is 2.21. The van der Waals surface area contributed by atoms with E-state index in [4.69, 9.17) is 5.73 Å². The van der Waals surface area contributed by atoms with E-state index in [0.717, 1.165) is 6.54 Å². The molecular formula is C10H22N2S.